The van der Waals surface area contributed by atoms with Crippen molar-refractivity contribution < 1.29 is 19.2 Å². The van der Waals surface area contributed by atoms with E-state index in [1.807, 2.05) is 36.4 Å². The second kappa shape index (κ2) is 10.6. The molecule has 0 N–H and O–H groups in total. The van der Waals surface area contributed by atoms with Crippen LogP contribution in [0.3, 0.4) is 0 Å². The predicted molar refractivity (Wildman–Crippen MR) is 172 cm³/mol. The van der Waals surface area contributed by atoms with Crippen LogP contribution in [0.25, 0.3) is 0 Å². The number of nitro groups is 1. The van der Waals surface area contributed by atoms with Crippen LogP contribution in [0.1, 0.15) is 45.2 Å². The molecule has 0 radical (unpaired) electrons. The zero-order valence-electron chi connectivity index (χ0n) is 21.8. The summed E-state index contributed by atoms with van der Waals surface area (Å²) in [4.78, 5) is 38.0. The molecule has 3 aliphatic carbocycles. The van der Waals surface area contributed by atoms with E-state index in [0.29, 0.717) is 5.75 Å². The Bertz CT molecular complexity index is 1680. The summed E-state index contributed by atoms with van der Waals surface area (Å²) in [7, 11) is 0. The van der Waals surface area contributed by atoms with Crippen LogP contribution in [-0.2, 0) is 16.2 Å². The Morgan fingerprint density at radius 2 is 1.29 bits per heavy atom. The lowest BCUT2D eigenvalue weighted by Crippen LogP contribution is -2.41. The lowest BCUT2D eigenvalue weighted by atomic mass is 9.55. The average molecular weight is 781 g/mol. The quantitative estimate of drug-likeness (QED) is 0.0721. The van der Waals surface area contributed by atoms with Crippen LogP contribution in [0, 0.1) is 29.1 Å². The highest BCUT2D eigenvalue weighted by Gasteiger charge is 2.61. The van der Waals surface area contributed by atoms with Crippen molar-refractivity contribution in [3.8, 4) is 5.75 Å². The number of carbonyl (C=O) groups is 2. The molecule has 42 heavy (non-hydrogen) atoms. The number of hydrogen-bond donors (Lipinski definition) is 0. The van der Waals surface area contributed by atoms with E-state index in [2.05, 4.69) is 74.5 Å². The first-order chi connectivity index (χ1) is 20.3. The van der Waals surface area contributed by atoms with Gasteiger partial charge in [-0.25, -0.2) is 0 Å². The number of non-ortho nitro benzene ring substituents is 1. The van der Waals surface area contributed by atoms with Gasteiger partial charge in [-0.1, -0.05) is 48.5 Å². The van der Waals surface area contributed by atoms with Crippen molar-refractivity contribution in [2.45, 2.75) is 18.4 Å². The highest BCUT2D eigenvalue weighted by atomic mass is 127. The van der Waals surface area contributed by atoms with E-state index in [4.69, 9.17) is 4.74 Å². The summed E-state index contributed by atoms with van der Waals surface area (Å²) >= 11 is 4.35. The zero-order chi connectivity index (χ0) is 29.1. The van der Waals surface area contributed by atoms with Gasteiger partial charge in [0.15, 0.2) is 0 Å². The van der Waals surface area contributed by atoms with Gasteiger partial charge in [0.1, 0.15) is 12.4 Å². The number of carbonyl (C=O) groups excluding carboxylic acids is 2. The number of hydrogen-bond acceptors (Lipinski definition) is 6. The molecule has 8 rings (SSSR count). The lowest BCUT2D eigenvalue weighted by Gasteiger charge is -2.45. The largest absolute Gasteiger partial charge is 0.487 e. The Morgan fingerprint density at radius 3 is 1.74 bits per heavy atom. The summed E-state index contributed by atoms with van der Waals surface area (Å²) in [5.41, 5.74) is 6.08. The van der Waals surface area contributed by atoms with Gasteiger partial charge in [0, 0.05) is 24.0 Å². The molecule has 2 bridgehead atoms. The molecule has 1 heterocycles. The fraction of sp³-hybridized carbons (Fsp3) is 0.156. The number of imide groups is 1. The highest BCUT2D eigenvalue weighted by molar-refractivity contribution is 14.1. The molecule has 1 saturated heterocycles. The third-order valence-corrected chi connectivity index (χ3v) is 9.90. The number of hydrazone groups is 1. The van der Waals surface area contributed by atoms with E-state index in [9.17, 15) is 19.7 Å². The molecule has 4 aliphatic rings. The smallest absolute Gasteiger partial charge is 0.269 e. The molecule has 0 spiro atoms. The van der Waals surface area contributed by atoms with Crippen molar-refractivity contribution >= 4 is 68.9 Å². The van der Waals surface area contributed by atoms with Crippen molar-refractivity contribution in [3.63, 3.8) is 0 Å². The predicted octanol–water partition coefficient (Wildman–Crippen LogP) is 6.61. The van der Waals surface area contributed by atoms with Crippen LogP contribution < -0.4 is 4.74 Å². The van der Waals surface area contributed by atoms with Gasteiger partial charge in [0.25, 0.3) is 17.5 Å². The average Bonchev–Trinajstić information content (AvgIpc) is 3.25. The summed E-state index contributed by atoms with van der Waals surface area (Å²) < 4.78 is 7.70. The number of benzene rings is 4. The highest BCUT2D eigenvalue weighted by Crippen LogP contribution is 2.61. The van der Waals surface area contributed by atoms with E-state index < -0.39 is 16.8 Å². The first-order valence-electron chi connectivity index (χ1n) is 13.3. The fourth-order valence-electron chi connectivity index (χ4n) is 6.56. The summed E-state index contributed by atoms with van der Waals surface area (Å²) in [5, 5.41) is 16.4. The third-order valence-electron chi connectivity index (χ3n) is 8.30. The lowest BCUT2D eigenvalue weighted by molar-refractivity contribution is -0.384. The number of halogens is 2. The third kappa shape index (κ3) is 4.34. The zero-order valence-corrected chi connectivity index (χ0v) is 26.1. The van der Waals surface area contributed by atoms with Crippen molar-refractivity contribution in [2.24, 2.45) is 16.9 Å². The second-order valence-electron chi connectivity index (χ2n) is 10.5. The minimum Gasteiger partial charge on any atom is -0.487 e. The van der Waals surface area contributed by atoms with E-state index in [1.165, 1.54) is 12.1 Å². The van der Waals surface area contributed by atoms with Crippen LogP contribution in [0.5, 0.6) is 5.75 Å². The SMILES string of the molecule is O=C1[C@@H]2C3c4ccccc4C(c4ccccc43)[C@@H]2C(=O)N1/N=C\c1cc(I)c(OCc2ccc([N+](=O)[O-])cc2)c(I)c1. The molecule has 1 fully saturated rings. The van der Waals surface area contributed by atoms with Gasteiger partial charge in [-0.2, -0.15) is 10.1 Å². The van der Waals surface area contributed by atoms with Crippen molar-refractivity contribution in [1.82, 2.24) is 5.01 Å². The molecule has 0 aromatic heterocycles. The molecule has 208 valence electrons. The van der Waals surface area contributed by atoms with Crippen molar-refractivity contribution in [3.05, 3.63) is 136 Å². The molecule has 2 atom stereocenters. The van der Waals surface area contributed by atoms with Gasteiger partial charge >= 0.3 is 0 Å². The van der Waals surface area contributed by atoms with E-state index >= 15 is 0 Å². The van der Waals surface area contributed by atoms with Crippen LogP contribution in [0.4, 0.5) is 5.69 Å². The van der Waals surface area contributed by atoms with Gasteiger partial charge in [0.05, 0.1) is 30.1 Å². The van der Waals surface area contributed by atoms with E-state index in [1.54, 1.807) is 18.3 Å². The first-order valence-corrected chi connectivity index (χ1v) is 15.4. The Hall–Kier alpha value is -3.65. The maximum absolute atomic E-state index is 13.8. The Labute approximate surface area is 268 Å². The summed E-state index contributed by atoms with van der Waals surface area (Å²) in [5.74, 6) is -1.12. The van der Waals surface area contributed by atoms with E-state index in [-0.39, 0.29) is 35.9 Å². The number of nitro benzene ring substituents is 1. The Morgan fingerprint density at radius 1 is 0.810 bits per heavy atom. The van der Waals surface area contributed by atoms with Gasteiger partial charge in [-0.3, -0.25) is 19.7 Å². The van der Waals surface area contributed by atoms with Crippen molar-refractivity contribution in [2.75, 3.05) is 0 Å². The van der Waals surface area contributed by atoms with Crippen LogP contribution in [0.2, 0.25) is 0 Å². The first kappa shape index (κ1) is 27.2. The van der Waals surface area contributed by atoms with Crippen LogP contribution in [-0.4, -0.2) is 28.0 Å². The van der Waals surface area contributed by atoms with Crippen LogP contribution in [0.15, 0.2) is 90.0 Å². The number of nitrogens with zero attached hydrogens (tertiary/aromatic N) is 3. The Kier molecular flexibility index (Phi) is 6.84. The van der Waals surface area contributed by atoms with Gasteiger partial charge in [0.2, 0.25) is 0 Å². The summed E-state index contributed by atoms with van der Waals surface area (Å²) in [6, 6.07) is 26.3. The minimum absolute atomic E-state index is 0.0301. The van der Waals surface area contributed by atoms with Gasteiger partial charge in [-0.05, 0) is 103 Å². The summed E-state index contributed by atoms with van der Waals surface area (Å²) in [6.45, 7) is 0.254. The molecule has 0 saturated carbocycles. The molecular weight excluding hydrogens is 760 g/mol. The molecule has 4 aromatic carbocycles. The van der Waals surface area contributed by atoms with E-state index in [0.717, 1.165) is 45.5 Å². The summed E-state index contributed by atoms with van der Waals surface area (Å²) in [6.07, 6.45) is 1.56. The molecular formula is C32H21I2N3O5. The molecule has 10 heteroatoms. The molecule has 2 amide bonds. The second-order valence-corrected chi connectivity index (χ2v) is 12.8. The topological polar surface area (TPSA) is 102 Å². The molecule has 0 unspecified atom stereocenters. The van der Waals surface area contributed by atoms with Gasteiger partial charge in [-0.15, -0.1) is 0 Å². The number of amides is 2. The normalized spacial score (nSPS) is 21.8. The molecule has 1 aliphatic heterocycles. The molecule has 8 nitrogen and oxygen atoms in total. The number of rotatable bonds is 6. The minimum atomic E-state index is -0.472. The Balaban J connectivity index is 1.13. The fourth-order valence-corrected chi connectivity index (χ4v) is 8.69. The maximum atomic E-state index is 13.8. The van der Waals surface area contributed by atoms with Crippen molar-refractivity contribution in [1.29, 1.82) is 0 Å². The van der Waals surface area contributed by atoms with Gasteiger partial charge < -0.3 is 4.74 Å². The van der Waals surface area contributed by atoms with Crippen LogP contribution >= 0.6 is 45.2 Å². The monoisotopic (exact) mass is 781 g/mol. The number of ether oxygens (including phenoxy) is 1. The molecule has 4 aromatic rings. The maximum Gasteiger partial charge on any atom is 0.269 e. The standard InChI is InChI=1S/C32H21I2N3O5/c33-24-13-18(14-25(34)30(24)42-16-17-9-11-19(12-10-17)37(40)41)15-35-36-31(38)28-26-20-5-1-2-6-21(20)27(29(28)32(36)39)23-8-4-3-7-22(23)26/h1-15,26-29H,16H2/b35-15-/t26?,27?,28-,29+.